The van der Waals surface area contributed by atoms with Gasteiger partial charge in [-0.05, 0) is 32.7 Å². The van der Waals surface area contributed by atoms with Crippen molar-refractivity contribution >= 4 is 7.37 Å². The van der Waals surface area contributed by atoms with Crippen LogP contribution in [0.3, 0.4) is 0 Å². The molecule has 2 aliphatic heterocycles. The largest absolute Gasteiger partial charge is 0.394 e. The normalized spacial score (nSPS) is 27.8. The number of aliphatic hydroxyl groups is 1. The van der Waals surface area contributed by atoms with Gasteiger partial charge in [-0.2, -0.15) is 0 Å². The highest BCUT2D eigenvalue weighted by molar-refractivity contribution is 7.59. The smallest absolute Gasteiger partial charge is 0.330 e. The van der Waals surface area contributed by atoms with Crippen molar-refractivity contribution in [1.82, 2.24) is 19.1 Å². The monoisotopic (exact) mass is 613 g/mol. The number of aromatic nitrogens is 4. The minimum absolute atomic E-state index is 0.0612. The third-order valence-electron chi connectivity index (χ3n) is 7.58. The Labute approximate surface area is 237 Å². The van der Waals surface area contributed by atoms with E-state index in [0.717, 1.165) is 4.57 Å². The van der Waals surface area contributed by atoms with Gasteiger partial charge < -0.3 is 19.1 Å². The van der Waals surface area contributed by atoms with Crippen molar-refractivity contribution in [2.75, 3.05) is 19.4 Å². The predicted octanol–water partition coefficient (Wildman–Crippen LogP) is 1.57. The minimum atomic E-state index is -4.10. The Bertz CT molecular complexity index is 1630. The van der Waals surface area contributed by atoms with Crippen molar-refractivity contribution in [3.63, 3.8) is 0 Å². The van der Waals surface area contributed by atoms with Crippen LogP contribution in [0, 0.1) is 19.8 Å². The zero-order valence-electron chi connectivity index (χ0n) is 23.2. The van der Waals surface area contributed by atoms with Crippen LogP contribution in [0.15, 0.2) is 36.7 Å². The van der Waals surface area contributed by atoms with Crippen LogP contribution in [-0.2, 0) is 18.6 Å². The molecule has 4 rings (SSSR count). The Balaban J connectivity index is 1.54. The van der Waals surface area contributed by atoms with Gasteiger partial charge >= 0.3 is 11.4 Å². The Morgan fingerprint density at radius 2 is 1.64 bits per heavy atom. The van der Waals surface area contributed by atoms with Crippen molar-refractivity contribution in [3.05, 3.63) is 75.6 Å². The highest BCUT2D eigenvalue weighted by Gasteiger charge is 2.50. The molecule has 42 heavy (non-hydrogen) atoms. The summed E-state index contributed by atoms with van der Waals surface area (Å²) in [4.78, 5) is 55.4. The average Bonchev–Trinajstić information content (AvgIpc) is 3.55. The number of nitrogens with one attached hydrogen (secondary N) is 2. The molecule has 0 bridgehead atoms. The Hall–Kier alpha value is -3.33. The van der Waals surface area contributed by atoms with Gasteiger partial charge in [0.2, 0.25) is 7.37 Å². The number of halogens is 1. The van der Waals surface area contributed by atoms with Crippen LogP contribution in [0.25, 0.3) is 10.4 Å². The summed E-state index contributed by atoms with van der Waals surface area (Å²) in [6.07, 6.45) is -1.74. The van der Waals surface area contributed by atoms with Gasteiger partial charge in [0.15, 0.2) is 5.91 Å². The summed E-state index contributed by atoms with van der Waals surface area (Å²) in [7, 11) is -4.10. The average molecular weight is 614 g/mol. The van der Waals surface area contributed by atoms with Gasteiger partial charge in [0.25, 0.3) is 11.1 Å². The van der Waals surface area contributed by atoms with Crippen molar-refractivity contribution in [2.45, 2.75) is 76.7 Å². The first-order valence-electron chi connectivity index (χ1n) is 13.4. The van der Waals surface area contributed by atoms with E-state index in [4.69, 9.17) is 19.5 Å². The van der Waals surface area contributed by atoms with Gasteiger partial charge in [-0.15, -0.1) is 0 Å². The van der Waals surface area contributed by atoms with E-state index in [2.05, 4.69) is 20.0 Å². The van der Waals surface area contributed by atoms with E-state index in [0.29, 0.717) is 0 Å². The summed E-state index contributed by atoms with van der Waals surface area (Å²) in [5.41, 5.74) is 6.94. The summed E-state index contributed by atoms with van der Waals surface area (Å²) < 4.78 is 49.6. The summed E-state index contributed by atoms with van der Waals surface area (Å²) in [6.45, 7) is 3.84. The molecule has 8 atom stereocenters. The molecule has 0 spiro atoms. The molecule has 230 valence electrons. The molecule has 2 aromatic rings. The number of hydrogen-bond acceptors (Lipinski definition) is 10. The van der Waals surface area contributed by atoms with Crippen LogP contribution in [0.2, 0.25) is 0 Å². The number of aliphatic hydroxyl groups excluding tert-OH is 1. The first-order chi connectivity index (χ1) is 19.9. The van der Waals surface area contributed by atoms with E-state index in [1.54, 1.807) is 6.92 Å². The number of alkyl halides is 1. The van der Waals surface area contributed by atoms with Gasteiger partial charge in [-0.25, -0.2) is 14.0 Å². The quantitative estimate of drug-likeness (QED) is 0.144. The van der Waals surface area contributed by atoms with Crippen LogP contribution in [0.5, 0.6) is 0 Å². The minimum Gasteiger partial charge on any atom is -0.394 e. The van der Waals surface area contributed by atoms with Crippen LogP contribution in [0.1, 0.15) is 49.8 Å². The second-order valence-corrected chi connectivity index (χ2v) is 13.0. The van der Waals surface area contributed by atoms with E-state index in [1.807, 2.05) is 0 Å². The van der Waals surface area contributed by atoms with Gasteiger partial charge in [0.1, 0.15) is 12.5 Å². The van der Waals surface area contributed by atoms with E-state index < -0.39 is 79.0 Å². The molecule has 2 unspecified atom stereocenters. The molecule has 0 aromatic carbocycles. The van der Waals surface area contributed by atoms with Crippen molar-refractivity contribution < 1.29 is 28.1 Å². The molecule has 18 heteroatoms. The third-order valence-corrected chi connectivity index (χ3v) is 10.3. The fraction of sp³-hybridized carbons (Fsp3) is 0.667. The Morgan fingerprint density at radius 3 is 2.17 bits per heavy atom. The van der Waals surface area contributed by atoms with Gasteiger partial charge in [-0.1, -0.05) is 5.11 Å². The zero-order chi connectivity index (χ0) is 30.8. The summed E-state index contributed by atoms with van der Waals surface area (Å²) in [5.74, 6) is -3.22. The lowest BCUT2D eigenvalue weighted by atomic mass is 10.0. The standard InChI is InChI=1S/C24H33FN7O9P/c1-4-39-42(38,20(25)14-7-18(41-17(14)11-33)31-9-12(2)21(34)27-23(31)36)6-5-16-15(29-30-26)8-19(40-16)32-10-13(3)22(35)28-24(32)37/h9-10,14-20,33H,4-8,11H2,1-3H3,(H,27,34,36)(H,28,35,37)/t14-,15-,16+,17+,18+,19+,20?,42?/m0/s1. The fourth-order valence-electron chi connectivity index (χ4n) is 5.40. The molecule has 4 heterocycles. The highest BCUT2D eigenvalue weighted by Crippen LogP contribution is 2.59. The summed E-state index contributed by atoms with van der Waals surface area (Å²) >= 11 is 0. The summed E-state index contributed by atoms with van der Waals surface area (Å²) in [6, 6.07) is -0.785. The summed E-state index contributed by atoms with van der Waals surface area (Å²) in [5, 5.41) is 13.7. The van der Waals surface area contributed by atoms with E-state index in [-0.39, 0.29) is 43.2 Å². The topological polar surface area (TPSA) is 223 Å². The predicted molar refractivity (Wildman–Crippen MR) is 146 cm³/mol. The lowest BCUT2D eigenvalue weighted by Crippen LogP contribution is -2.33. The fourth-order valence-corrected chi connectivity index (χ4v) is 7.87. The Morgan fingerprint density at radius 1 is 1.10 bits per heavy atom. The lowest BCUT2D eigenvalue weighted by Gasteiger charge is -2.28. The first kappa shape index (κ1) is 31.6. The molecular weight excluding hydrogens is 580 g/mol. The van der Waals surface area contributed by atoms with Crippen LogP contribution < -0.4 is 22.5 Å². The molecule has 0 amide bonds. The Kier molecular flexibility index (Phi) is 9.70. The highest BCUT2D eigenvalue weighted by atomic mass is 31.2. The molecule has 16 nitrogen and oxygen atoms in total. The SMILES string of the molecule is CCOP(=O)(CC[C@H]1O[C@@H](n2cc(C)c(=O)[nH]c2=O)C[C@@H]1N=[N+]=[N-])C(F)[C@H]1C[C@H](n2cc(C)c(=O)[nH]c2=O)O[C@@H]1CO. The van der Waals surface area contributed by atoms with Crippen LogP contribution >= 0.6 is 7.37 Å². The van der Waals surface area contributed by atoms with Gasteiger partial charge in [0.05, 0.1) is 31.5 Å². The van der Waals surface area contributed by atoms with E-state index >= 15 is 4.39 Å². The number of aromatic amines is 2. The molecule has 2 aliphatic rings. The maximum Gasteiger partial charge on any atom is 0.330 e. The van der Waals surface area contributed by atoms with E-state index in [9.17, 15) is 28.8 Å². The van der Waals surface area contributed by atoms with Crippen molar-refractivity contribution in [1.29, 1.82) is 0 Å². The molecule has 2 saturated heterocycles. The van der Waals surface area contributed by atoms with Gasteiger partial charge in [-0.3, -0.25) is 33.3 Å². The molecule has 0 aliphatic carbocycles. The number of hydrogen-bond donors (Lipinski definition) is 3. The molecular formula is C24H33FN7O9P. The number of aryl methyl sites for hydroxylation is 2. The maximum atomic E-state index is 16.2. The molecule has 0 saturated carbocycles. The molecule has 2 aromatic heterocycles. The third kappa shape index (κ3) is 6.36. The van der Waals surface area contributed by atoms with Crippen molar-refractivity contribution in [3.8, 4) is 0 Å². The van der Waals surface area contributed by atoms with Crippen LogP contribution in [0.4, 0.5) is 4.39 Å². The molecule has 2 fully saturated rings. The number of H-pyrrole nitrogens is 2. The molecule has 0 radical (unpaired) electrons. The second-order valence-electron chi connectivity index (χ2n) is 10.3. The first-order valence-corrected chi connectivity index (χ1v) is 15.3. The number of rotatable bonds is 11. The van der Waals surface area contributed by atoms with Gasteiger partial charge in [0, 0.05) is 53.4 Å². The number of nitrogens with zero attached hydrogens (tertiary/aromatic N) is 5. The number of ether oxygens (including phenoxy) is 2. The second kappa shape index (κ2) is 12.9. The van der Waals surface area contributed by atoms with Crippen molar-refractivity contribution in [2.24, 2.45) is 11.0 Å². The molecule has 3 N–H and O–H groups in total. The number of azide groups is 1. The van der Waals surface area contributed by atoms with E-state index in [1.165, 1.54) is 30.8 Å². The van der Waals surface area contributed by atoms with Crippen LogP contribution in [-0.4, -0.2) is 67.7 Å². The zero-order valence-corrected chi connectivity index (χ0v) is 24.1. The lowest BCUT2D eigenvalue weighted by molar-refractivity contribution is -0.0363. The maximum absolute atomic E-state index is 16.2.